The lowest BCUT2D eigenvalue weighted by Crippen LogP contribution is -2.28. The molecule has 0 fully saturated rings. The van der Waals surface area contributed by atoms with Crippen LogP contribution in [0, 0.1) is 0 Å². The van der Waals surface area contributed by atoms with Crippen LogP contribution in [-0.4, -0.2) is 34.9 Å². The van der Waals surface area contributed by atoms with E-state index in [1.165, 1.54) is 0 Å². The topological polar surface area (TPSA) is 40.5 Å². The van der Waals surface area contributed by atoms with Gasteiger partial charge in [0.15, 0.2) is 0 Å². The Morgan fingerprint density at radius 2 is 2.33 bits per heavy atom. The van der Waals surface area contributed by atoms with Gasteiger partial charge in [-0.25, -0.2) is 0 Å². The van der Waals surface area contributed by atoms with Crippen molar-refractivity contribution in [2.45, 2.75) is 6.92 Å². The van der Waals surface area contributed by atoms with Crippen molar-refractivity contribution in [3.05, 3.63) is 0 Å². The van der Waals surface area contributed by atoms with Crippen LogP contribution in [0.25, 0.3) is 0 Å². The van der Waals surface area contributed by atoms with Crippen LogP contribution in [0.5, 0.6) is 0 Å². The summed E-state index contributed by atoms with van der Waals surface area (Å²) in [5.74, 6) is -0.297. The summed E-state index contributed by atoms with van der Waals surface area (Å²) in [4.78, 5) is 11.8. The lowest BCUT2D eigenvalue weighted by molar-refractivity contribution is -0.138. The van der Waals surface area contributed by atoms with Crippen LogP contribution in [0.2, 0.25) is 0 Å². The summed E-state index contributed by atoms with van der Waals surface area (Å²) in [6.45, 7) is 2.72. The molecule has 4 heteroatoms. The number of carboxylic acid groups (broad SMARTS) is 1. The van der Waals surface area contributed by atoms with Crippen molar-refractivity contribution < 1.29 is 9.90 Å². The van der Waals surface area contributed by atoms with Gasteiger partial charge in [-0.1, -0.05) is 6.92 Å². The molecular weight excluding hydrogens is 138 g/mol. The fraction of sp³-hybridized carbons (Fsp3) is 0.800. The molecule has 0 heterocycles. The predicted octanol–water partition coefficient (Wildman–Crippen LogP) is 0.280. The molecule has 0 saturated carbocycles. The summed E-state index contributed by atoms with van der Waals surface area (Å²) >= 11 is 3.93. The molecule has 3 nitrogen and oxygen atoms in total. The molecule has 0 aromatic carbocycles. The van der Waals surface area contributed by atoms with Gasteiger partial charge in [0.05, 0.1) is 6.54 Å². The minimum Gasteiger partial charge on any atom is -0.480 e. The van der Waals surface area contributed by atoms with Crippen molar-refractivity contribution in [2.24, 2.45) is 0 Å². The Bertz CT molecular complexity index is 93.0. The smallest absolute Gasteiger partial charge is 0.317 e. The van der Waals surface area contributed by atoms with Gasteiger partial charge in [0.1, 0.15) is 0 Å². The molecule has 0 aliphatic heterocycles. The summed E-state index contributed by atoms with van der Waals surface area (Å²) in [5.41, 5.74) is 0. The van der Waals surface area contributed by atoms with E-state index in [4.69, 9.17) is 5.11 Å². The van der Waals surface area contributed by atoms with E-state index < -0.39 is 5.97 Å². The Balaban J connectivity index is 3.43. The van der Waals surface area contributed by atoms with Gasteiger partial charge in [0.2, 0.25) is 0 Å². The van der Waals surface area contributed by atoms with Gasteiger partial charge in [-0.05, 0) is 6.54 Å². The zero-order valence-electron chi connectivity index (χ0n) is 5.37. The first kappa shape index (κ1) is 8.78. The number of rotatable bonds is 4. The van der Waals surface area contributed by atoms with E-state index in [-0.39, 0.29) is 6.54 Å². The van der Waals surface area contributed by atoms with Gasteiger partial charge >= 0.3 is 5.97 Å². The Hall–Kier alpha value is -0.220. The fourth-order valence-electron chi connectivity index (χ4n) is 0.453. The maximum atomic E-state index is 10.1. The summed E-state index contributed by atoms with van der Waals surface area (Å²) in [6.07, 6.45) is 0. The summed E-state index contributed by atoms with van der Waals surface area (Å²) in [6, 6.07) is 0. The third-order valence-corrected chi connectivity index (χ3v) is 1.41. The second-order valence-electron chi connectivity index (χ2n) is 1.68. The van der Waals surface area contributed by atoms with E-state index in [9.17, 15) is 4.79 Å². The molecule has 0 radical (unpaired) electrons. The molecule has 0 amide bonds. The first-order chi connectivity index (χ1) is 4.20. The second kappa shape index (κ2) is 4.64. The maximum absolute atomic E-state index is 10.1. The van der Waals surface area contributed by atoms with E-state index in [2.05, 4.69) is 12.6 Å². The van der Waals surface area contributed by atoms with Gasteiger partial charge in [0.25, 0.3) is 0 Å². The van der Waals surface area contributed by atoms with Gasteiger partial charge < -0.3 is 5.11 Å². The first-order valence-electron chi connectivity index (χ1n) is 2.75. The normalized spacial score (nSPS) is 10.1. The molecule has 0 spiro atoms. The van der Waals surface area contributed by atoms with Crippen LogP contribution in [0.3, 0.4) is 0 Å². The molecule has 0 aliphatic rings. The Morgan fingerprint density at radius 3 is 2.44 bits per heavy atom. The number of thiol groups is 1. The third kappa shape index (κ3) is 4.29. The Morgan fingerprint density at radius 1 is 1.78 bits per heavy atom. The number of likely N-dealkylation sites (N-methyl/N-ethyl adjacent to an activating group) is 1. The molecule has 0 aromatic rings. The number of nitrogens with zero attached hydrogens (tertiary/aromatic N) is 1. The Labute approximate surface area is 60.1 Å². The molecule has 0 aromatic heterocycles. The van der Waals surface area contributed by atoms with Gasteiger partial charge in [-0.15, -0.1) is 0 Å². The number of carbonyl (C=O) groups is 1. The molecule has 0 unspecified atom stereocenters. The number of aliphatic carboxylic acids is 1. The highest BCUT2D eigenvalue weighted by atomic mass is 32.1. The van der Waals surface area contributed by atoms with Crippen molar-refractivity contribution in [1.82, 2.24) is 4.90 Å². The number of hydrogen-bond donors (Lipinski definition) is 2. The van der Waals surface area contributed by atoms with Crippen molar-refractivity contribution in [1.29, 1.82) is 0 Å². The van der Waals surface area contributed by atoms with E-state index in [0.717, 1.165) is 6.54 Å². The summed E-state index contributed by atoms with van der Waals surface area (Å²) in [5, 5.41) is 8.27. The summed E-state index contributed by atoms with van der Waals surface area (Å²) in [7, 11) is 0. The van der Waals surface area contributed by atoms with Gasteiger partial charge in [-0.3, -0.25) is 9.69 Å². The fourth-order valence-corrected chi connectivity index (χ4v) is 0.753. The largest absolute Gasteiger partial charge is 0.480 e. The monoisotopic (exact) mass is 149 g/mol. The molecule has 54 valence electrons. The average molecular weight is 149 g/mol. The average Bonchev–Trinajstić information content (AvgIpc) is 1.82. The van der Waals surface area contributed by atoms with Crippen molar-refractivity contribution in [3.8, 4) is 0 Å². The van der Waals surface area contributed by atoms with Crippen molar-refractivity contribution >= 4 is 18.6 Å². The molecule has 9 heavy (non-hydrogen) atoms. The minimum atomic E-state index is -0.800. The molecule has 0 bridgehead atoms. The van der Waals surface area contributed by atoms with Crippen LogP contribution < -0.4 is 0 Å². The lowest BCUT2D eigenvalue weighted by atomic mass is 10.5. The summed E-state index contributed by atoms with van der Waals surface area (Å²) < 4.78 is 0. The maximum Gasteiger partial charge on any atom is 0.317 e. The minimum absolute atomic E-state index is 0.0833. The first-order valence-corrected chi connectivity index (χ1v) is 3.39. The zero-order chi connectivity index (χ0) is 7.28. The van der Waals surface area contributed by atoms with E-state index in [1.54, 1.807) is 4.90 Å². The van der Waals surface area contributed by atoms with Crippen LogP contribution in [-0.2, 0) is 4.79 Å². The van der Waals surface area contributed by atoms with E-state index in [1.807, 2.05) is 6.92 Å². The van der Waals surface area contributed by atoms with Crippen molar-refractivity contribution in [2.75, 3.05) is 19.0 Å². The van der Waals surface area contributed by atoms with Crippen LogP contribution >= 0.6 is 12.6 Å². The Kier molecular flexibility index (Phi) is 4.53. The quantitative estimate of drug-likeness (QED) is 0.445. The highest BCUT2D eigenvalue weighted by Crippen LogP contribution is 1.88. The van der Waals surface area contributed by atoms with Gasteiger partial charge in [-0.2, -0.15) is 12.6 Å². The van der Waals surface area contributed by atoms with Crippen LogP contribution in [0.1, 0.15) is 6.92 Å². The van der Waals surface area contributed by atoms with Crippen LogP contribution in [0.15, 0.2) is 0 Å². The highest BCUT2D eigenvalue weighted by Gasteiger charge is 2.03. The lowest BCUT2D eigenvalue weighted by Gasteiger charge is -2.13. The molecular formula is C5H11NO2S. The van der Waals surface area contributed by atoms with E-state index >= 15 is 0 Å². The zero-order valence-corrected chi connectivity index (χ0v) is 6.27. The molecule has 0 rings (SSSR count). The predicted molar refractivity (Wildman–Crippen MR) is 38.7 cm³/mol. The second-order valence-corrected chi connectivity index (χ2v) is 1.96. The standard InChI is InChI=1S/C5H11NO2S/c1-2-6(4-9)3-5(7)8/h9H,2-4H2,1H3,(H,7,8). The van der Waals surface area contributed by atoms with Gasteiger partial charge in [0, 0.05) is 5.88 Å². The number of carboxylic acids is 1. The SMILES string of the molecule is CCN(CS)CC(=O)O. The molecule has 0 saturated heterocycles. The third-order valence-electron chi connectivity index (χ3n) is 1.01. The molecule has 1 N–H and O–H groups in total. The van der Waals surface area contributed by atoms with Crippen molar-refractivity contribution in [3.63, 3.8) is 0 Å². The molecule has 0 aliphatic carbocycles. The highest BCUT2D eigenvalue weighted by molar-refractivity contribution is 7.80. The molecule has 0 atom stereocenters. The van der Waals surface area contributed by atoms with E-state index in [0.29, 0.717) is 5.88 Å². The number of hydrogen-bond acceptors (Lipinski definition) is 3. The van der Waals surface area contributed by atoms with Crippen LogP contribution in [0.4, 0.5) is 0 Å².